The summed E-state index contributed by atoms with van der Waals surface area (Å²) in [7, 11) is 4.63. The number of hydrogen-bond acceptors (Lipinski definition) is 8. The highest BCUT2D eigenvalue weighted by Gasteiger charge is 2.37. The molecule has 3 aliphatic rings. The van der Waals surface area contributed by atoms with Gasteiger partial charge < -0.3 is 24.1 Å². The number of anilines is 1. The minimum Gasteiger partial charge on any atom is -0.497 e. The summed E-state index contributed by atoms with van der Waals surface area (Å²) in [5.74, 6) is 0.161. The number of carbonyl (C=O) groups is 2. The van der Waals surface area contributed by atoms with E-state index in [0.717, 1.165) is 30.7 Å². The van der Waals surface area contributed by atoms with Crippen LogP contribution in [0.3, 0.4) is 0 Å². The van der Waals surface area contributed by atoms with E-state index in [9.17, 15) is 19.9 Å². The van der Waals surface area contributed by atoms with Crippen molar-refractivity contribution in [3.05, 3.63) is 111 Å². The first-order valence-electron chi connectivity index (χ1n) is 16.6. The summed E-state index contributed by atoms with van der Waals surface area (Å²) >= 11 is 13.2. The molecule has 0 radical (unpaired) electrons. The molecule has 1 aromatic heterocycles. The van der Waals surface area contributed by atoms with Gasteiger partial charge in [0.1, 0.15) is 21.9 Å². The monoisotopic (exact) mass is 736 g/mol. The van der Waals surface area contributed by atoms with Gasteiger partial charge in [0.2, 0.25) is 12.4 Å². The second-order valence-corrected chi connectivity index (χ2v) is 13.6. The summed E-state index contributed by atoms with van der Waals surface area (Å²) in [4.78, 5) is 30.7. The molecule has 0 aliphatic carbocycles. The van der Waals surface area contributed by atoms with Gasteiger partial charge in [-0.15, -0.1) is 0 Å². The van der Waals surface area contributed by atoms with E-state index >= 15 is 0 Å². The Labute approximate surface area is 306 Å². The first kappa shape index (κ1) is 36.1. The van der Waals surface area contributed by atoms with Crippen molar-refractivity contribution in [3.8, 4) is 17.2 Å². The number of ether oxygens (including phenoxy) is 4. The second kappa shape index (κ2) is 15.7. The summed E-state index contributed by atoms with van der Waals surface area (Å²) < 4.78 is 23.4. The third-order valence-electron chi connectivity index (χ3n) is 9.80. The number of amides is 1. The lowest BCUT2D eigenvalue weighted by atomic mass is 9.82. The van der Waals surface area contributed by atoms with Crippen LogP contribution in [0.1, 0.15) is 51.4 Å². The van der Waals surface area contributed by atoms with Crippen molar-refractivity contribution in [3.63, 3.8) is 0 Å². The zero-order chi connectivity index (χ0) is 36.2. The molecule has 3 aromatic carbocycles. The quantitative estimate of drug-likeness (QED) is 0.119. The molecule has 2 N–H and O–H groups in total. The van der Waals surface area contributed by atoms with Gasteiger partial charge >= 0.3 is 12.1 Å². The number of hydrogen-bond donors (Lipinski definition) is 2. The Hall–Kier alpha value is -4.71. The van der Waals surface area contributed by atoms with E-state index in [1.807, 2.05) is 6.07 Å². The highest BCUT2D eigenvalue weighted by Crippen LogP contribution is 2.39. The third kappa shape index (κ3) is 7.96. The van der Waals surface area contributed by atoms with E-state index < -0.39 is 18.0 Å². The Bertz CT molecular complexity index is 1880. The van der Waals surface area contributed by atoms with Crippen LogP contribution < -0.4 is 23.8 Å². The molecular formula is C38H40Cl2N3O8+. The molecule has 0 spiro atoms. The van der Waals surface area contributed by atoms with Crippen molar-refractivity contribution < 1.29 is 43.6 Å². The number of nitrogens with zero attached hydrogens (tertiary/aromatic N) is 3. The number of carboxylic acids is 1. The molecule has 13 heteroatoms. The fourth-order valence-corrected chi connectivity index (χ4v) is 7.66. The number of pyridine rings is 1. The van der Waals surface area contributed by atoms with Crippen LogP contribution in [0.15, 0.2) is 73.1 Å². The fourth-order valence-electron chi connectivity index (χ4n) is 7.05. The van der Waals surface area contributed by atoms with Gasteiger partial charge in [-0.3, -0.25) is 15.0 Å². The maximum atomic E-state index is 14.0. The number of aromatic nitrogens is 1. The first-order chi connectivity index (χ1) is 24.6. The fraction of sp³-hybridized carbons (Fsp3) is 0.342. The Balaban J connectivity index is 1.42. The SMILES string of the molecule is COc1ccc(N(Cc2ccc(C(=O)O)c([C@@H](Cc3c(Cl)c[n+](O)cc3Cl)c3ccc(OC)c(OC)c3)c2)C(=O)O[C@H]2CN3CCC2CC3)cc1. The van der Waals surface area contributed by atoms with Gasteiger partial charge in [0, 0.05) is 28.4 Å². The van der Waals surface area contributed by atoms with Crippen LogP contribution >= 0.6 is 23.2 Å². The van der Waals surface area contributed by atoms with Crippen LogP contribution in [0.25, 0.3) is 0 Å². The van der Waals surface area contributed by atoms with E-state index in [-0.39, 0.29) is 34.7 Å². The number of carboxylic acid groups (broad SMARTS) is 1. The van der Waals surface area contributed by atoms with Crippen molar-refractivity contribution in [2.45, 2.75) is 37.8 Å². The Kier molecular flexibility index (Phi) is 11.1. The second-order valence-electron chi connectivity index (χ2n) is 12.8. The number of fused-ring (bicyclic) bond motifs is 3. The van der Waals surface area contributed by atoms with Gasteiger partial charge in [-0.05, 0) is 97.4 Å². The number of methoxy groups -OCH3 is 3. The van der Waals surface area contributed by atoms with Crippen molar-refractivity contribution in [2.24, 2.45) is 5.92 Å². The molecule has 1 amide bonds. The summed E-state index contributed by atoms with van der Waals surface area (Å²) in [5, 5.41) is 20.9. The molecule has 2 atom stereocenters. The van der Waals surface area contributed by atoms with Gasteiger partial charge in [0.05, 0.1) is 33.4 Å². The van der Waals surface area contributed by atoms with Crippen molar-refractivity contribution in [2.75, 3.05) is 45.9 Å². The maximum Gasteiger partial charge on any atom is 0.414 e. The van der Waals surface area contributed by atoms with Gasteiger partial charge in [0.15, 0.2) is 11.5 Å². The zero-order valence-electron chi connectivity index (χ0n) is 28.6. The van der Waals surface area contributed by atoms with E-state index in [0.29, 0.717) is 57.7 Å². The highest BCUT2D eigenvalue weighted by atomic mass is 35.5. The van der Waals surface area contributed by atoms with Crippen LogP contribution in [0.2, 0.25) is 10.0 Å². The predicted octanol–water partition coefficient (Wildman–Crippen LogP) is 6.85. The molecule has 11 nitrogen and oxygen atoms in total. The van der Waals surface area contributed by atoms with Crippen LogP contribution in [0, 0.1) is 5.92 Å². The minimum atomic E-state index is -1.13. The molecule has 3 saturated heterocycles. The molecule has 4 aromatic rings. The Morgan fingerprint density at radius 2 is 1.61 bits per heavy atom. The number of piperidine rings is 3. The number of carbonyl (C=O) groups excluding carboxylic acids is 1. The largest absolute Gasteiger partial charge is 0.497 e. The molecular weight excluding hydrogens is 697 g/mol. The van der Waals surface area contributed by atoms with E-state index in [1.165, 1.54) is 26.6 Å². The molecule has 3 aliphatic heterocycles. The smallest absolute Gasteiger partial charge is 0.414 e. The molecule has 3 fully saturated rings. The van der Waals surface area contributed by atoms with Crippen LogP contribution in [-0.4, -0.2) is 74.3 Å². The van der Waals surface area contributed by atoms with E-state index in [4.69, 9.17) is 42.1 Å². The van der Waals surface area contributed by atoms with E-state index in [1.54, 1.807) is 66.6 Å². The molecule has 268 valence electrons. The molecule has 51 heavy (non-hydrogen) atoms. The lowest BCUT2D eigenvalue weighted by Gasteiger charge is -2.44. The minimum absolute atomic E-state index is 0.0600. The summed E-state index contributed by atoms with van der Waals surface area (Å²) in [6.45, 7) is 2.83. The average Bonchev–Trinajstić information content (AvgIpc) is 3.13. The standard InChI is InChI=1S/C38H39Cl2N3O8/c1-48-27-8-6-26(7-9-27)43(38(46)51-36-22-41-14-12-24(36)13-15-41)19-23-4-10-28(37(44)45)30(16-23)29(18-31-32(39)20-42(47)21-33(31)40)25-5-11-34(49-2)35(17-25)50-3/h4-11,16-17,20-21,24,29,36H,12-15,18-19,22H2,1-3H3,(H-,44,45,47)/p+1/t29-,36-/m0/s1. The first-order valence-corrected chi connectivity index (χ1v) is 17.3. The Morgan fingerprint density at radius 3 is 2.20 bits per heavy atom. The maximum absolute atomic E-state index is 14.0. The summed E-state index contributed by atoms with van der Waals surface area (Å²) in [6.07, 6.45) is 4.09. The molecule has 2 bridgehead atoms. The number of aromatic carboxylic acids is 1. The molecule has 4 heterocycles. The molecule has 7 rings (SSSR count). The number of rotatable bonds is 12. The third-order valence-corrected chi connectivity index (χ3v) is 10.5. The van der Waals surface area contributed by atoms with Crippen molar-refractivity contribution in [1.29, 1.82) is 0 Å². The lowest BCUT2D eigenvalue weighted by molar-refractivity contribution is -0.904. The van der Waals surface area contributed by atoms with Gasteiger partial charge in [0.25, 0.3) is 0 Å². The average molecular weight is 738 g/mol. The van der Waals surface area contributed by atoms with E-state index in [2.05, 4.69) is 4.90 Å². The van der Waals surface area contributed by atoms with Gasteiger partial charge in [-0.25, -0.2) is 9.59 Å². The molecule has 0 unspecified atom stereocenters. The van der Waals surface area contributed by atoms with Gasteiger partial charge in [-0.1, -0.05) is 41.4 Å². The van der Waals surface area contributed by atoms with Crippen molar-refractivity contribution in [1.82, 2.24) is 4.90 Å². The number of halogens is 2. The zero-order valence-corrected chi connectivity index (χ0v) is 30.1. The highest BCUT2D eigenvalue weighted by molar-refractivity contribution is 6.35. The van der Waals surface area contributed by atoms with Crippen molar-refractivity contribution >= 4 is 41.0 Å². The normalized spacial score (nSPS) is 18.5. The lowest BCUT2D eigenvalue weighted by Crippen LogP contribution is -2.53. The van der Waals surface area contributed by atoms with Crippen LogP contribution in [0.4, 0.5) is 10.5 Å². The van der Waals surface area contributed by atoms with Crippen LogP contribution in [-0.2, 0) is 17.7 Å². The van der Waals surface area contributed by atoms with Gasteiger partial charge in [-0.2, -0.15) is 0 Å². The molecule has 0 saturated carbocycles. The topological polar surface area (TPSA) is 122 Å². The summed E-state index contributed by atoms with van der Waals surface area (Å²) in [5.41, 5.74) is 2.99. The predicted molar refractivity (Wildman–Crippen MR) is 191 cm³/mol. The van der Waals surface area contributed by atoms with Crippen LogP contribution in [0.5, 0.6) is 17.2 Å². The summed E-state index contributed by atoms with van der Waals surface area (Å²) in [6, 6.07) is 17.5. The Morgan fingerprint density at radius 1 is 0.922 bits per heavy atom. The number of benzene rings is 3.